The Morgan fingerprint density at radius 1 is 0.700 bits per heavy atom. The standard InChI is InChI=1S/C21H21NO3.C13H18O2/c1-21(11-16(21)13-25-12-15-7-3-2-4-8-15)14-22-19(23)17-9-5-6-10-18(17)20(22)24;1-13(10-14)7-12(13)9-15-8-11-5-3-2-4-6-11/h2-10,16H,11-14H2,1H3;2-6,12,14H,7-10H2,1H3/t16-,21+;12-,13-/m10/s1. The Morgan fingerprint density at radius 3 is 1.57 bits per heavy atom. The van der Waals surface area contributed by atoms with Gasteiger partial charge in [-0.05, 0) is 58.8 Å². The number of carbonyl (C=O) groups excluding carboxylic acids is 2. The highest BCUT2D eigenvalue weighted by Gasteiger charge is 2.53. The van der Waals surface area contributed by atoms with Gasteiger partial charge in [0.05, 0.1) is 37.6 Å². The van der Waals surface area contributed by atoms with Gasteiger partial charge in [-0.3, -0.25) is 14.5 Å². The number of rotatable bonds is 11. The molecule has 40 heavy (non-hydrogen) atoms. The highest BCUT2D eigenvalue weighted by atomic mass is 16.5. The topological polar surface area (TPSA) is 76.1 Å². The van der Waals surface area contributed by atoms with E-state index in [1.165, 1.54) is 10.5 Å². The quantitative estimate of drug-likeness (QED) is 0.313. The van der Waals surface area contributed by atoms with E-state index in [2.05, 4.69) is 26.0 Å². The van der Waals surface area contributed by atoms with Crippen molar-refractivity contribution in [3.8, 4) is 0 Å². The fourth-order valence-corrected chi connectivity index (χ4v) is 5.45. The second-order valence-corrected chi connectivity index (χ2v) is 12.0. The first-order chi connectivity index (χ1) is 19.3. The summed E-state index contributed by atoms with van der Waals surface area (Å²) in [5.41, 5.74) is 3.51. The van der Waals surface area contributed by atoms with Crippen molar-refractivity contribution in [1.29, 1.82) is 0 Å². The summed E-state index contributed by atoms with van der Waals surface area (Å²) in [5.74, 6) is 0.599. The molecular weight excluding hydrogens is 502 g/mol. The van der Waals surface area contributed by atoms with Gasteiger partial charge < -0.3 is 14.6 Å². The van der Waals surface area contributed by atoms with Crippen LogP contribution in [0.4, 0.5) is 0 Å². The number of fused-ring (bicyclic) bond motifs is 1. The number of hydrogen-bond acceptors (Lipinski definition) is 5. The Balaban J connectivity index is 0.000000184. The minimum atomic E-state index is -0.169. The summed E-state index contributed by atoms with van der Waals surface area (Å²) in [4.78, 5) is 26.4. The minimum absolute atomic E-state index is 0.0376. The zero-order valence-corrected chi connectivity index (χ0v) is 23.4. The average molecular weight is 542 g/mol. The molecule has 6 heteroatoms. The number of imide groups is 1. The largest absolute Gasteiger partial charge is 0.396 e. The first-order valence-corrected chi connectivity index (χ1v) is 14.1. The van der Waals surface area contributed by atoms with E-state index in [0.29, 0.717) is 49.3 Å². The van der Waals surface area contributed by atoms with Crippen LogP contribution in [0.2, 0.25) is 0 Å². The molecule has 6 rings (SSSR count). The van der Waals surface area contributed by atoms with E-state index < -0.39 is 0 Å². The van der Waals surface area contributed by atoms with Crippen molar-refractivity contribution in [2.75, 3.05) is 26.4 Å². The fraction of sp³-hybridized carbons (Fsp3) is 0.412. The molecule has 6 nitrogen and oxygen atoms in total. The lowest BCUT2D eigenvalue weighted by molar-refractivity contribution is 0.0597. The van der Waals surface area contributed by atoms with E-state index in [4.69, 9.17) is 14.6 Å². The number of carbonyl (C=O) groups is 2. The molecule has 2 saturated carbocycles. The second kappa shape index (κ2) is 12.0. The van der Waals surface area contributed by atoms with Gasteiger partial charge in [0.15, 0.2) is 0 Å². The van der Waals surface area contributed by atoms with Crippen molar-refractivity contribution in [3.63, 3.8) is 0 Å². The molecule has 1 heterocycles. The van der Waals surface area contributed by atoms with E-state index in [-0.39, 0.29) is 29.3 Å². The molecular formula is C34H39NO5. The lowest BCUT2D eigenvalue weighted by atomic mass is 10.1. The lowest BCUT2D eigenvalue weighted by Gasteiger charge is -2.20. The van der Waals surface area contributed by atoms with Crippen molar-refractivity contribution in [1.82, 2.24) is 4.90 Å². The fourth-order valence-electron chi connectivity index (χ4n) is 5.45. The van der Waals surface area contributed by atoms with Crippen molar-refractivity contribution >= 4 is 11.8 Å². The molecule has 3 aromatic carbocycles. The third-order valence-electron chi connectivity index (χ3n) is 8.70. The summed E-state index contributed by atoms with van der Waals surface area (Å²) < 4.78 is 11.5. The molecule has 0 aromatic heterocycles. The number of aliphatic hydroxyl groups excluding tert-OH is 1. The van der Waals surface area contributed by atoms with Gasteiger partial charge in [0.1, 0.15) is 0 Å². The summed E-state index contributed by atoms with van der Waals surface area (Å²) in [6, 6.07) is 27.3. The molecule has 2 amide bonds. The van der Waals surface area contributed by atoms with Crippen LogP contribution in [-0.2, 0) is 22.7 Å². The highest BCUT2D eigenvalue weighted by molar-refractivity contribution is 6.21. The predicted molar refractivity (Wildman–Crippen MR) is 154 cm³/mol. The first-order valence-electron chi connectivity index (χ1n) is 14.1. The lowest BCUT2D eigenvalue weighted by Crippen LogP contribution is -2.35. The molecule has 0 bridgehead atoms. The van der Waals surface area contributed by atoms with Crippen LogP contribution < -0.4 is 0 Å². The van der Waals surface area contributed by atoms with E-state index in [1.54, 1.807) is 24.3 Å². The maximum atomic E-state index is 12.5. The van der Waals surface area contributed by atoms with Gasteiger partial charge in [0, 0.05) is 13.2 Å². The van der Waals surface area contributed by atoms with E-state index >= 15 is 0 Å². The van der Waals surface area contributed by atoms with E-state index in [0.717, 1.165) is 25.0 Å². The van der Waals surface area contributed by atoms with Crippen LogP contribution in [0.1, 0.15) is 58.5 Å². The second-order valence-electron chi connectivity index (χ2n) is 12.0. The third kappa shape index (κ3) is 6.52. The van der Waals surface area contributed by atoms with Crippen LogP contribution >= 0.6 is 0 Å². The summed E-state index contributed by atoms with van der Waals surface area (Å²) in [7, 11) is 0. The average Bonchev–Trinajstić information content (AvgIpc) is 3.83. The van der Waals surface area contributed by atoms with Crippen LogP contribution in [0.3, 0.4) is 0 Å². The Bertz CT molecular complexity index is 1280. The van der Waals surface area contributed by atoms with Gasteiger partial charge in [-0.1, -0.05) is 86.6 Å². The van der Waals surface area contributed by atoms with Gasteiger partial charge in [0.2, 0.25) is 0 Å². The molecule has 3 aromatic rings. The van der Waals surface area contributed by atoms with E-state index in [9.17, 15) is 9.59 Å². The van der Waals surface area contributed by atoms with Crippen LogP contribution in [0.25, 0.3) is 0 Å². The van der Waals surface area contributed by atoms with Crippen LogP contribution in [0, 0.1) is 22.7 Å². The molecule has 2 fully saturated rings. The monoisotopic (exact) mass is 541 g/mol. The molecule has 3 aliphatic rings. The SMILES string of the molecule is C[C@@]1(CN2C(=O)c3ccccc3C2=O)C[C@@H]1COCc1ccccc1.C[C@@]1(CO)C[C@H]1COCc1ccccc1. The number of ether oxygens (including phenoxy) is 2. The Morgan fingerprint density at radius 2 is 1.12 bits per heavy atom. The molecule has 0 saturated heterocycles. The summed E-state index contributed by atoms with van der Waals surface area (Å²) in [5, 5.41) is 9.10. The number of nitrogens with zero attached hydrogens (tertiary/aromatic N) is 1. The number of hydrogen-bond donors (Lipinski definition) is 1. The Hall–Kier alpha value is -3.32. The molecule has 2 aliphatic carbocycles. The maximum Gasteiger partial charge on any atom is 0.261 e. The highest BCUT2D eigenvalue weighted by Crippen LogP contribution is 2.53. The smallest absolute Gasteiger partial charge is 0.261 e. The molecule has 210 valence electrons. The van der Waals surface area contributed by atoms with Gasteiger partial charge in [-0.2, -0.15) is 0 Å². The maximum absolute atomic E-state index is 12.5. The number of benzene rings is 3. The van der Waals surface area contributed by atoms with Crippen molar-refractivity contribution < 1.29 is 24.2 Å². The first kappa shape index (κ1) is 28.2. The van der Waals surface area contributed by atoms with Crippen molar-refractivity contribution in [2.45, 2.75) is 39.9 Å². The molecule has 1 aliphatic heterocycles. The normalized spacial score (nSPS) is 26.2. The molecule has 0 spiro atoms. The number of amides is 2. The van der Waals surface area contributed by atoms with Gasteiger partial charge in [-0.15, -0.1) is 0 Å². The zero-order chi connectivity index (χ0) is 28.2. The van der Waals surface area contributed by atoms with Crippen LogP contribution in [0.5, 0.6) is 0 Å². The van der Waals surface area contributed by atoms with Crippen molar-refractivity contribution in [2.24, 2.45) is 22.7 Å². The predicted octanol–water partition coefficient (Wildman–Crippen LogP) is 5.75. The Labute approximate surface area is 236 Å². The van der Waals surface area contributed by atoms with Gasteiger partial charge in [0.25, 0.3) is 11.8 Å². The minimum Gasteiger partial charge on any atom is -0.396 e. The molecule has 4 atom stereocenters. The number of aliphatic hydroxyl groups is 1. The van der Waals surface area contributed by atoms with Crippen LogP contribution in [-0.4, -0.2) is 48.2 Å². The molecule has 1 N–H and O–H groups in total. The molecule has 0 unspecified atom stereocenters. The summed E-state index contributed by atoms with van der Waals surface area (Å²) >= 11 is 0. The van der Waals surface area contributed by atoms with Gasteiger partial charge >= 0.3 is 0 Å². The Kier molecular flexibility index (Phi) is 8.50. The molecule has 0 radical (unpaired) electrons. The van der Waals surface area contributed by atoms with Crippen LogP contribution in [0.15, 0.2) is 84.9 Å². The zero-order valence-electron chi connectivity index (χ0n) is 23.4. The summed E-state index contributed by atoms with van der Waals surface area (Å²) in [6.07, 6.45) is 2.08. The van der Waals surface area contributed by atoms with E-state index in [1.807, 2.05) is 48.5 Å². The summed E-state index contributed by atoms with van der Waals surface area (Å²) in [6.45, 7) is 7.71. The third-order valence-corrected chi connectivity index (χ3v) is 8.70. The van der Waals surface area contributed by atoms with Crippen molar-refractivity contribution in [3.05, 3.63) is 107 Å². The van der Waals surface area contributed by atoms with Gasteiger partial charge in [-0.25, -0.2) is 0 Å².